The van der Waals surface area contributed by atoms with E-state index in [4.69, 9.17) is 9.72 Å². The van der Waals surface area contributed by atoms with Crippen molar-refractivity contribution in [1.82, 2.24) is 4.98 Å². The van der Waals surface area contributed by atoms with Crippen LogP contribution in [0, 0.1) is 0 Å². The van der Waals surface area contributed by atoms with Crippen LogP contribution in [-0.2, 0) is 17.8 Å². The predicted octanol–water partition coefficient (Wildman–Crippen LogP) is 5.53. The largest absolute Gasteiger partial charge is 0.497 e. The molecule has 0 N–H and O–H groups in total. The number of carbonyl (C=O) groups is 1. The van der Waals surface area contributed by atoms with Crippen LogP contribution in [0.4, 0.5) is 5.13 Å². The van der Waals surface area contributed by atoms with Gasteiger partial charge in [0.15, 0.2) is 5.13 Å². The van der Waals surface area contributed by atoms with Crippen molar-refractivity contribution >= 4 is 43.9 Å². The third-order valence-corrected chi connectivity index (χ3v) is 6.44. The van der Waals surface area contributed by atoms with Crippen molar-refractivity contribution in [1.29, 1.82) is 0 Å². The van der Waals surface area contributed by atoms with Crippen molar-refractivity contribution in [3.05, 3.63) is 76.5 Å². The number of thiazole rings is 1. The molecule has 2 aromatic heterocycles. The molecule has 0 aliphatic heterocycles. The third kappa shape index (κ3) is 4.24. The number of amides is 1. The summed E-state index contributed by atoms with van der Waals surface area (Å²) in [4.78, 5) is 20.9. The van der Waals surface area contributed by atoms with E-state index in [1.54, 1.807) is 23.3 Å². The molecule has 28 heavy (non-hydrogen) atoms. The first-order valence-corrected chi connectivity index (χ1v) is 10.7. The fourth-order valence-electron chi connectivity index (χ4n) is 2.98. The minimum absolute atomic E-state index is 0.0864. The summed E-state index contributed by atoms with van der Waals surface area (Å²) >= 11 is 3.21. The molecule has 0 radical (unpaired) electrons. The maximum absolute atomic E-state index is 13.1. The Hall–Kier alpha value is -2.70. The van der Waals surface area contributed by atoms with E-state index in [2.05, 4.69) is 6.07 Å². The summed E-state index contributed by atoms with van der Waals surface area (Å²) in [7, 11) is 1.65. The fourth-order valence-corrected chi connectivity index (χ4v) is 4.70. The zero-order valence-corrected chi connectivity index (χ0v) is 17.1. The molecule has 0 saturated heterocycles. The summed E-state index contributed by atoms with van der Waals surface area (Å²) in [5, 5.41) is 2.77. The van der Waals surface area contributed by atoms with Crippen LogP contribution in [-0.4, -0.2) is 18.0 Å². The predicted molar refractivity (Wildman–Crippen MR) is 116 cm³/mol. The van der Waals surface area contributed by atoms with E-state index in [9.17, 15) is 4.79 Å². The molecule has 4 aromatic rings. The van der Waals surface area contributed by atoms with Gasteiger partial charge in [-0.2, -0.15) is 0 Å². The molecular weight excluding hydrogens is 388 g/mol. The van der Waals surface area contributed by atoms with Crippen LogP contribution in [0.3, 0.4) is 0 Å². The van der Waals surface area contributed by atoms with Crippen LogP contribution in [0.5, 0.6) is 5.75 Å². The van der Waals surface area contributed by atoms with E-state index in [0.717, 1.165) is 33.1 Å². The Balaban J connectivity index is 1.62. The summed E-state index contributed by atoms with van der Waals surface area (Å²) < 4.78 is 6.33. The average Bonchev–Trinajstić information content (AvgIpc) is 3.39. The highest BCUT2D eigenvalue weighted by molar-refractivity contribution is 7.22. The van der Waals surface area contributed by atoms with Gasteiger partial charge < -0.3 is 4.74 Å². The molecule has 0 aliphatic rings. The molecule has 1 amide bonds. The Morgan fingerprint density at radius 1 is 1.11 bits per heavy atom. The second kappa shape index (κ2) is 8.54. The Morgan fingerprint density at radius 2 is 1.96 bits per heavy atom. The van der Waals surface area contributed by atoms with Crippen molar-refractivity contribution < 1.29 is 9.53 Å². The maximum atomic E-state index is 13.1. The van der Waals surface area contributed by atoms with Crippen LogP contribution in [0.2, 0.25) is 0 Å². The standard InChI is InChI=1S/C22H20N2O2S2/c1-26-17-9-11-19-20(14-17)28-22(23-19)24(15-16-6-3-2-4-7-16)21(25)12-10-18-8-5-13-27-18/h2-9,11,13-14H,10,12,15H2,1H3. The minimum atomic E-state index is 0.0864. The van der Waals surface area contributed by atoms with Gasteiger partial charge in [-0.15, -0.1) is 11.3 Å². The number of nitrogens with zero attached hydrogens (tertiary/aromatic N) is 2. The molecule has 2 heterocycles. The zero-order chi connectivity index (χ0) is 19.3. The number of ether oxygens (including phenoxy) is 1. The molecule has 0 unspecified atom stereocenters. The summed E-state index contributed by atoms with van der Waals surface area (Å²) in [5.41, 5.74) is 1.97. The van der Waals surface area contributed by atoms with Gasteiger partial charge in [0, 0.05) is 11.3 Å². The first-order chi connectivity index (χ1) is 13.7. The van der Waals surface area contributed by atoms with Crippen LogP contribution in [0.25, 0.3) is 10.2 Å². The van der Waals surface area contributed by atoms with Crippen LogP contribution < -0.4 is 9.64 Å². The highest BCUT2D eigenvalue weighted by atomic mass is 32.1. The SMILES string of the molecule is COc1ccc2nc(N(Cc3ccccc3)C(=O)CCc3cccs3)sc2c1. The Labute approximate surface area is 172 Å². The average molecular weight is 409 g/mol. The first kappa shape index (κ1) is 18.7. The zero-order valence-electron chi connectivity index (χ0n) is 15.5. The number of aromatic nitrogens is 1. The molecule has 4 nitrogen and oxygen atoms in total. The van der Waals surface area contributed by atoms with Gasteiger partial charge in [-0.3, -0.25) is 9.69 Å². The van der Waals surface area contributed by atoms with Gasteiger partial charge in [-0.05, 0) is 41.6 Å². The summed E-state index contributed by atoms with van der Waals surface area (Å²) in [6, 6.07) is 19.9. The Kier molecular flexibility index (Phi) is 5.69. The number of hydrogen-bond acceptors (Lipinski definition) is 5. The quantitative estimate of drug-likeness (QED) is 0.404. The number of rotatable bonds is 7. The summed E-state index contributed by atoms with van der Waals surface area (Å²) in [6.07, 6.45) is 1.22. The van der Waals surface area contributed by atoms with Gasteiger partial charge >= 0.3 is 0 Å². The van der Waals surface area contributed by atoms with Gasteiger partial charge in [-0.25, -0.2) is 4.98 Å². The molecule has 0 fully saturated rings. The number of anilines is 1. The highest BCUT2D eigenvalue weighted by Crippen LogP contribution is 2.32. The number of thiophene rings is 1. The molecule has 0 atom stereocenters. The Bertz CT molecular complexity index is 1060. The van der Waals surface area contributed by atoms with Gasteiger partial charge in [0.25, 0.3) is 0 Å². The molecule has 2 aromatic carbocycles. The van der Waals surface area contributed by atoms with Gasteiger partial charge in [-0.1, -0.05) is 47.7 Å². The lowest BCUT2D eigenvalue weighted by Gasteiger charge is -2.20. The lowest BCUT2D eigenvalue weighted by molar-refractivity contribution is -0.118. The van der Waals surface area contributed by atoms with Gasteiger partial charge in [0.1, 0.15) is 5.75 Å². The van der Waals surface area contributed by atoms with Crippen molar-refractivity contribution in [2.75, 3.05) is 12.0 Å². The summed E-state index contributed by atoms with van der Waals surface area (Å²) in [5.74, 6) is 0.879. The van der Waals surface area contributed by atoms with Gasteiger partial charge in [0.2, 0.25) is 5.91 Å². The van der Waals surface area contributed by atoms with Crippen molar-refractivity contribution in [2.45, 2.75) is 19.4 Å². The van der Waals surface area contributed by atoms with Crippen LogP contribution in [0.1, 0.15) is 16.9 Å². The Morgan fingerprint density at radius 3 is 2.71 bits per heavy atom. The molecule has 0 aliphatic carbocycles. The van der Waals surface area contributed by atoms with E-state index >= 15 is 0 Å². The smallest absolute Gasteiger partial charge is 0.229 e. The second-order valence-corrected chi connectivity index (χ2v) is 8.42. The number of fused-ring (bicyclic) bond motifs is 1. The molecule has 6 heteroatoms. The lowest BCUT2D eigenvalue weighted by atomic mass is 10.2. The topological polar surface area (TPSA) is 42.4 Å². The molecule has 0 spiro atoms. The van der Waals surface area contributed by atoms with Crippen molar-refractivity contribution in [3.63, 3.8) is 0 Å². The van der Waals surface area contributed by atoms with Crippen molar-refractivity contribution in [2.24, 2.45) is 0 Å². The van der Waals surface area contributed by atoms with E-state index in [-0.39, 0.29) is 5.91 Å². The monoisotopic (exact) mass is 408 g/mol. The molecular formula is C22H20N2O2S2. The van der Waals surface area contributed by atoms with Crippen LogP contribution in [0.15, 0.2) is 66.0 Å². The number of methoxy groups -OCH3 is 1. The van der Waals surface area contributed by atoms with E-state index in [1.165, 1.54) is 16.2 Å². The molecule has 0 bridgehead atoms. The molecule has 4 rings (SSSR count). The van der Waals surface area contributed by atoms with E-state index in [1.807, 2.05) is 60.0 Å². The number of aryl methyl sites for hydroxylation is 1. The first-order valence-electron chi connectivity index (χ1n) is 9.04. The third-order valence-electron chi connectivity index (χ3n) is 4.47. The number of hydrogen-bond donors (Lipinski definition) is 0. The van der Waals surface area contributed by atoms with Crippen molar-refractivity contribution in [3.8, 4) is 5.75 Å². The second-order valence-electron chi connectivity index (χ2n) is 6.37. The molecule has 142 valence electrons. The number of carbonyl (C=O) groups excluding carboxylic acids is 1. The highest BCUT2D eigenvalue weighted by Gasteiger charge is 2.20. The minimum Gasteiger partial charge on any atom is -0.497 e. The maximum Gasteiger partial charge on any atom is 0.229 e. The van der Waals surface area contributed by atoms with Crippen LogP contribution >= 0.6 is 22.7 Å². The lowest BCUT2D eigenvalue weighted by Crippen LogP contribution is -2.30. The number of benzene rings is 2. The summed E-state index contributed by atoms with van der Waals surface area (Å²) in [6.45, 7) is 0.515. The van der Waals surface area contributed by atoms with E-state index < -0.39 is 0 Å². The molecule has 0 saturated carbocycles. The normalized spacial score (nSPS) is 10.9. The fraction of sp³-hybridized carbons (Fsp3) is 0.182. The van der Waals surface area contributed by atoms with E-state index in [0.29, 0.717) is 13.0 Å². The van der Waals surface area contributed by atoms with Gasteiger partial charge in [0.05, 0.1) is 23.9 Å².